The summed E-state index contributed by atoms with van der Waals surface area (Å²) in [4.78, 5) is 0. The summed E-state index contributed by atoms with van der Waals surface area (Å²) in [5.41, 5.74) is -0.604. The number of alkyl halides is 1. The van der Waals surface area contributed by atoms with Crippen LogP contribution in [-0.4, -0.2) is 18.4 Å². The van der Waals surface area contributed by atoms with Crippen molar-refractivity contribution in [3.05, 3.63) is 12.7 Å². The number of halogens is 1. The van der Waals surface area contributed by atoms with Crippen molar-refractivity contribution in [1.29, 1.82) is 5.41 Å². The highest BCUT2D eigenvalue weighted by atomic mass is 35.5. The molecule has 0 amide bonds. The summed E-state index contributed by atoms with van der Waals surface area (Å²) >= 11 is 5.33. The molecule has 8 heavy (non-hydrogen) atoms. The predicted octanol–water partition coefficient (Wildman–Crippen LogP) is 1.40. The Kier molecular flexibility index (Phi) is 4.61. The maximum Gasteiger partial charge on any atom is 0.166 e. The van der Waals surface area contributed by atoms with Crippen LogP contribution in [0.15, 0.2) is 12.7 Å². The Morgan fingerprint density at radius 1 is 1.88 bits per heavy atom. The van der Waals surface area contributed by atoms with Crippen LogP contribution in [0, 0.1) is 5.41 Å². The molecule has 46 valence electrons. The number of hydrogen-bond acceptors (Lipinski definition) is 2. The largest absolute Gasteiger partial charge is 0.353 e. The highest BCUT2D eigenvalue weighted by molar-refractivity contribution is 6.26. The van der Waals surface area contributed by atoms with Gasteiger partial charge in [0.2, 0.25) is 0 Å². The van der Waals surface area contributed by atoms with Gasteiger partial charge in [0.1, 0.15) is 0 Å². The summed E-state index contributed by atoms with van der Waals surface area (Å²) in [5, 5.41) is 6.57. The summed E-state index contributed by atoms with van der Waals surface area (Å²) in [6.45, 7) is 3.80. The van der Waals surface area contributed by atoms with Crippen molar-refractivity contribution in [3.8, 4) is 0 Å². The number of nitrogens with one attached hydrogen (secondary N) is 1. The molecule has 0 aliphatic rings. The molecule has 0 heterocycles. The Morgan fingerprint density at radius 3 is 2.88 bits per heavy atom. The van der Waals surface area contributed by atoms with E-state index in [2.05, 4.69) is 6.58 Å². The van der Waals surface area contributed by atoms with Gasteiger partial charge in [-0.1, -0.05) is 17.7 Å². The van der Waals surface area contributed by atoms with E-state index in [1.165, 1.54) is 0 Å². The third kappa shape index (κ3) is 3.84. The number of rotatable bonds is 4. The SMILES string of the molecule is C=CCOC(Cl)C=N. The first kappa shape index (κ1) is 7.66. The van der Waals surface area contributed by atoms with Gasteiger partial charge in [0.05, 0.1) is 6.61 Å². The molecule has 1 atom stereocenters. The first-order valence-corrected chi connectivity index (χ1v) is 2.62. The van der Waals surface area contributed by atoms with Gasteiger partial charge in [0.25, 0.3) is 0 Å². The summed E-state index contributed by atoms with van der Waals surface area (Å²) in [7, 11) is 0. The van der Waals surface area contributed by atoms with E-state index in [-0.39, 0.29) is 0 Å². The lowest BCUT2D eigenvalue weighted by atomic mass is 10.7. The van der Waals surface area contributed by atoms with Crippen LogP contribution in [0.2, 0.25) is 0 Å². The third-order valence-electron chi connectivity index (χ3n) is 0.504. The topological polar surface area (TPSA) is 33.1 Å². The molecule has 0 spiro atoms. The van der Waals surface area contributed by atoms with Crippen LogP contribution in [0.1, 0.15) is 0 Å². The number of hydrogen-bond donors (Lipinski definition) is 1. The van der Waals surface area contributed by atoms with Gasteiger partial charge in [-0.3, -0.25) is 0 Å². The van der Waals surface area contributed by atoms with Crippen LogP contribution in [0.5, 0.6) is 0 Å². The zero-order valence-corrected chi connectivity index (χ0v) is 5.19. The molecule has 0 aliphatic carbocycles. The van der Waals surface area contributed by atoms with Crippen molar-refractivity contribution in [3.63, 3.8) is 0 Å². The molecule has 0 aromatic heterocycles. The monoisotopic (exact) mass is 133 g/mol. The van der Waals surface area contributed by atoms with Crippen LogP contribution < -0.4 is 0 Å². The maximum atomic E-state index is 6.57. The van der Waals surface area contributed by atoms with Gasteiger partial charge in [-0.15, -0.1) is 6.58 Å². The van der Waals surface area contributed by atoms with Crippen LogP contribution in [0.4, 0.5) is 0 Å². The molecule has 0 saturated heterocycles. The molecule has 0 aromatic carbocycles. The standard InChI is InChI=1S/C5H8ClNO/c1-2-3-8-5(6)4-7/h2,4-5,7H,1,3H2. The molecule has 1 unspecified atom stereocenters. The normalized spacial score (nSPS) is 12.6. The molecule has 0 saturated carbocycles. The minimum atomic E-state index is -0.604. The fraction of sp³-hybridized carbons (Fsp3) is 0.400. The smallest absolute Gasteiger partial charge is 0.166 e. The quantitative estimate of drug-likeness (QED) is 0.351. The average Bonchev–Trinajstić information content (AvgIpc) is 1.83. The molecular formula is C5H8ClNO. The van der Waals surface area contributed by atoms with Gasteiger partial charge < -0.3 is 10.1 Å². The van der Waals surface area contributed by atoms with Crippen molar-refractivity contribution in [1.82, 2.24) is 0 Å². The molecule has 0 bridgehead atoms. The van der Waals surface area contributed by atoms with Crippen molar-refractivity contribution in [2.24, 2.45) is 0 Å². The van der Waals surface area contributed by atoms with E-state index in [1.807, 2.05) is 0 Å². The lowest BCUT2D eigenvalue weighted by Gasteiger charge is -1.99. The van der Waals surface area contributed by atoms with Gasteiger partial charge in [0.15, 0.2) is 5.56 Å². The maximum absolute atomic E-state index is 6.57. The average molecular weight is 134 g/mol. The Hall–Kier alpha value is -0.340. The summed E-state index contributed by atoms with van der Waals surface area (Å²) in [6.07, 6.45) is 2.60. The molecule has 0 aromatic rings. The Bertz CT molecular complexity index is 84.5. The van der Waals surface area contributed by atoms with E-state index in [4.69, 9.17) is 21.7 Å². The highest BCUT2D eigenvalue weighted by Crippen LogP contribution is 1.92. The highest BCUT2D eigenvalue weighted by Gasteiger charge is 1.93. The lowest BCUT2D eigenvalue weighted by molar-refractivity contribution is 0.179. The molecule has 0 radical (unpaired) electrons. The second-order valence-electron chi connectivity index (χ2n) is 1.14. The second kappa shape index (κ2) is 4.81. The zero-order valence-electron chi connectivity index (χ0n) is 4.43. The van der Waals surface area contributed by atoms with E-state index >= 15 is 0 Å². The number of ether oxygens (including phenoxy) is 1. The van der Waals surface area contributed by atoms with E-state index in [9.17, 15) is 0 Å². The molecule has 1 N–H and O–H groups in total. The van der Waals surface area contributed by atoms with Crippen molar-refractivity contribution < 1.29 is 4.74 Å². The van der Waals surface area contributed by atoms with Crippen LogP contribution in [0.3, 0.4) is 0 Å². The van der Waals surface area contributed by atoms with Crippen LogP contribution >= 0.6 is 11.6 Å². The minimum Gasteiger partial charge on any atom is -0.353 e. The van der Waals surface area contributed by atoms with Gasteiger partial charge >= 0.3 is 0 Å². The Labute approximate surface area is 53.6 Å². The van der Waals surface area contributed by atoms with Gasteiger partial charge in [-0.2, -0.15) is 0 Å². The Balaban J connectivity index is 3.09. The minimum absolute atomic E-state index is 0.392. The van der Waals surface area contributed by atoms with Crippen LogP contribution in [-0.2, 0) is 4.74 Å². The first-order chi connectivity index (χ1) is 3.81. The molecule has 0 fully saturated rings. The molecule has 0 rings (SSSR count). The van der Waals surface area contributed by atoms with Gasteiger partial charge in [-0.05, 0) is 0 Å². The first-order valence-electron chi connectivity index (χ1n) is 2.18. The fourth-order valence-electron chi connectivity index (χ4n) is 0.208. The summed E-state index contributed by atoms with van der Waals surface area (Å²) in [6, 6.07) is 0. The van der Waals surface area contributed by atoms with E-state index in [0.717, 1.165) is 6.21 Å². The van der Waals surface area contributed by atoms with Crippen molar-refractivity contribution >= 4 is 17.8 Å². The summed E-state index contributed by atoms with van der Waals surface area (Å²) < 4.78 is 4.74. The summed E-state index contributed by atoms with van der Waals surface area (Å²) in [5.74, 6) is 0. The van der Waals surface area contributed by atoms with E-state index < -0.39 is 5.56 Å². The van der Waals surface area contributed by atoms with Gasteiger partial charge in [0, 0.05) is 6.21 Å². The predicted molar refractivity (Wildman–Crippen MR) is 34.6 cm³/mol. The van der Waals surface area contributed by atoms with Crippen molar-refractivity contribution in [2.45, 2.75) is 5.56 Å². The van der Waals surface area contributed by atoms with E-state index in [0.29, 0.717) is 6.61 Å². The third-order valence-corrected chi connectivity index (χ3v) is 0.756. The van der Waals surface area contributed by atoms with Crippen molar-refractivity contribution in [2.75, 3.05) is 6.61 Å². The fourth-order valence-corrected chi connectivity index (χ4v) is 0.281. The van der Waals surface area contributed by atoms with Crippen LogP contribution in [0.25, 0.3) is 0 Å². The molecule has 0 aliphatic heterocycles. The molecule has 3 heteroatoms. The molecule has 2 nitrogen and oxygen atoms in total. The Morgan fingerprint density at radius 2 is 2.50 bits per heavy atom. The van der Waals surface area contributed by atoms with E-state index in [1.54, 1.807) is 6.08 Å². The molecular weight excluding hydrogens is 126 g/mol. The second-order valence-corrected chi connectivity index (χ2v) is 1.57. The lowest BCUT2D eigenvalue weighted by Crippen LogP contribution is -2.04. The zero-order chi connectivity index (χ0) is 6.41. The van der Waals surface area contributed by atoms with Gasteiger partial charge in [-0.25, -0.2) is 0 Å².